The van der Waals surface area contributed by atoms with E-state index in [4.69, 9.17) is 23.2 Å². The average molecular weight is 319 g/mol. The Bertz CT molecular complexity index is 679. The van der Waals surface area contributed by atoms with Gasteiger partial charge in [0.2, 0.25) is 0 Å². The third-order valence-corrected chi connectivity index (χ3v) is 4.90. The lowest BCUT2D eigenvalue weighted by atomic mass is 9.80. The monoisotopic (exact) mass is 318 g/mol. The molecular weight excluding hydrogens is 303 g/mol. The normalized spacial score (nSPS) is 17.3. The number of carbonyl (C=O) groups excluding carboxylic acids is 1. The van der Waals surface area contributed by atoms with Gasteiger partial charge in [0, 0.05) is 12.3 Å². The molecule has 0 spiro atoms. The summed E-state index contributed by atoms with van der Waals surface area (Å²) in [6, 6.07) is 13.8. The number of fused-ring (bicyclic) bond motifs is 1. The molecule has 3 heteroatoms. The molecule has 0 saturated heterocycles. The zero-order valence-corrected chi connectivity index (χ0v) is 13.1. The Balaban J connectivity index is 1.70. The van der Waals surface area contributed by atoms with Gasteiger partial charge in [0.25, 0.3) is 0 Å². The third kappa shape index (κ3) is 3.30. The van der Waals surface area contributed by atoms with Crippen molar-refractivity contribution in [3.63, 3.8) is 0 Å². The largest absolute Gasteiger partial charge is 0.299 e. The second kappa shape index (κ2) is 6.21. The van der Waals surface area contributed by atoms with Gasteiger partial charge in [0.15, 0.2) is 0 Å². The standard InChI is InChI=1S/C18H16Cl2O/c19-16-8-5-12(9-17(16)20)10-18(21)15-7-6-13-3-1-2-4-14(13)11-15/h1-5,8-9,15H,6-7,10-11H2. The number of benzene rings is 2. The molecule has 21 heavy (non-hydrogen) atoms. The lowest BCUT2D eigenvalue weighted by molar-refractivity contribution is -0.122. The Morgan fingerprint density at radius 2 is 1.81 bits per heavy atom. The molecule has 1 nitrogen and oxygen atoms in total. The zero-order chi connectivity index (χ0) is 14.8. The van der Waals surface area contributed by atoms with Crippen LogP contribution in [0.25, 0.3) is 0 Å². The Hall–Kier alpha value is -1.31. The summed E-state index contributed by atoms with van der Waals surface area (Å²) in [5.41, 5.74) is 3.64. The molecule has 0 fully saturated rings. The van der Waals surface area contributed by atoms with Crippen molar-refractivity contribution in [1.82, 2.24) is 0 Å². The maximum atomic E-state index is 12.5. The van der Waals surface area contributed by atoms with Crippen LogP contribution in [0.15, 0.2) is 42.5 Å². The van der Waals surface area contributed by atoms with Crippen LogP contribution in [-0.2, 0) is 24.1 Å². The maximum absolute atomic E-state index is 12.5. The fraction of sp³-hybridized carbons (Fsp3) is 0.278. The van der Waals surface area contributed by atoms with Gasteiger partial charge in [-0.15, -0.1) is 0 Å². The van der Waals surface area contributed by atoms with E-state index in [0.29, 0.717) is 22.2 Å². The van der Waals surface area contributed by atoms with Crippen LogP contribution in [0, 0.1) is 5.92 Å². The highest BCUT2D eigenvalue weighted by atomic mass is 35.5. The van der Waals surface area contributed by atoms with Crippen molar-refractivity contribution in [2.45, 2.75) is 25.7 Å². The predicted molar refractivity (Wildman–Crippen MR) is 87.1 cm³/mol. The summed E-state index contributed by atoms with van der Waals surface area (Å²) in [6.45, 7) is 0. The SMILES string of the molecule is O=C(Cc1ccc(Cl)c(Cl)c1)C1CCc2ccccc2C1. The van der Waals surface area contributed by atoms with Gasteiger partial charge in [0.05, 0.1) is 10.0 Å². The molecule has 1 aliphatic carbocycles. The van der Waals surface area contributed by atoms with E-state index >= 15 is 0 Å². The molecule has 0 amide bonds. The van der Waals surface area contributed by atoms with Crippen LogP contribution >= 0.6 is 23.2 Å². The number of carbonyl (C=O) groups is 1. The number of aryl methyl sites for hydroxylation is 1. The highest BCUT2D eigenvalue weighted by Crippen LogP contribution is 2.28. The summed E-state index contributed by atoms with van der Waals surface area (Å²) in [7, 11) is 0. The van der Waals surface area contributed by atoms with Crippen LogP contribution in [0.1, 0.15) is 23.1 Å². The molecule has 1 aliphatic rings. The Morgan fingerprint density at radius 3 is 2.57 bits per heavy atom. The second-order valence-corrected chi connectivity index (χ2v) is 6.41. The van der Waals surface area contributed by atoms with Crippen LogP contribution in [0.3, 0.4) is 0 Å². The lowest BCUT2D eigenvalue weighted by Gasteiger charge is -2.23. The molecule has 0 radical (unpaired) electrons. The minimum absolute atomic E-state index is 0.120. The molecule has 0 saturated carbocycles. The maximum Gasteiger partial charge on any atom is 0.140 e. The smallest absolute Gasteiger partial charge is 0.140 e. The zero-order valence-electron chi connectivity index (χ0n) is 11.6. The summed E-state index contributed by atoms with van der Waals surface area (Å²) in [5.74, 6) is 0.414. The van der Waals surface area contributed by atoms with Crippen molar-refractivity contribution < 1.29 is 4.79 Å². The highest BCUT2D eigenvalue weighted by molar-refractivity contribution is 6.42. The predicted octanol–water partition coefficient (Wildman–Crippen LogP) is 4.91. The van der Waals surface area contributed by atoms with E-state index in [0.717, 1.165) is 24.8 Å². The number of hydrogen-bond donors (Lipinski definition) is 0. The van der Waals surface area contributed by atoms with Gasteiger partial charge in [-0.2, -0.15) is 0 Å². The first-order valence-corrected chi connectivity index (χ1v) is 7.92. The van der Waals surface area contributed by atoms with Gasteiger partial charge in [-0.3, -0.25) is 4.79 Å². The summed E-state index contributed by atoms with van der Waals surface area (Å²) in [4.78, 5) is 12.5. The molecule has 1 atom stereocenters. The first-order chi connectivity index (χ1) is 10.1. The Morgan fingerprint density at radius 1 is 1.05 bits per heavy atom. The van der Waals surface area contributed by atoms with Crippen molar-refractivity contribution in [2.75, 3.05) is 0 Å². The molecular formula is C18H16Cl2O. The van der Waals surface area contributed by atoms with Gasteiger partial charge in [-0.1, -0.05) is 53.5 Å². The van der Waals surface area contributed by atoms with Crippen molar-refractivity contribution >= 4 is 29.0 Å². The minimum Gasteiger partial charge on any atom is -0.299 e. The van der Waals surface area contributed by atoms with Gasteiger partial charge in [-0.25, -0.2) is 0 Å². The second-order valence-electron chi connectivity index (χ2n) is 5.60. The lowest BCUT2D eigenvalue weighted by Crippen LogP contribution is -2.24. The minimum atomic E-state index is 0.120. The van der Waals surface area contributed by atoms with Crippen molar-refractivity contribution in [3.05, 3.63) is 69.2 Å². The van der Waals surface area contributed by atoms with Gasteiger partial charge < -0.3 is 0 Å². The third-order valence-electron chi connectivity index (χ3n) is 4.16. The topological polar surface area (TPSA) is 17.1 Å². The summed E-state index contributed by atoms with van der Waals surface area (Å²) in [6.07, 6.45) is 3.23. The molecule has 2 aromatic rings. The molecule has 0 aromatic heterocycles. The van der Waals surface area contributed by atoms with E-state index in [1.54, 1.807) is 12.1 Å². The van der Waals surface area contributed by atoms with Crippen LogP contribution < -0.4 is 0 Å². The molecule has 3 rings (SSSR count). The van der Waals surface area contributed by atoms with Crippen LogP contribution in [0.5, 0.6) is 0 Å². The average Bonchev–Trinajstić information content (AvgIpc) is 2.50. The van der Waals surface area contributed by atoms with Crippen molar-refractivity contribution in [2.24, 2.45) is 5.92 Å². The fourth-order valence-corrected chi connectivity index (χ4v) is 3.29. The molecule has 0 bridgehead atoms. The Kier molecular flexibility index (Phi) is 4.32. The van der Waals surface area contributed by atoms with Crippen molar-refractivity contribution in [1.29, 1.82) is 0 Å². The first kappa shape index (κ1) is 14.6. The van der Waals surface area contributed by atoms with Crippen LogP contribution in [-0.4, -0.2) is 5.78 Å². The van der Waals surface area contributed by atoms with E-state index in [9.17, 15) is 4.79 Å². The number of ketones is 1. The van der Waals surface area contributed by atoms with Gasteiger partial charge >= 0.3 is 0 Å². The van der Waals surface area contributed by atoms with E-state index < -0.39 is 0 Å². The van der Waals surface area contributed by atoms with Gasteiger partial charge in [-0.05, 0) is 48.1 Å². The number of hydrogen-bond acceptors (Lipinski definition) is 1. The molecule has 108 valence electrons. The van der Waals surface area contributed by atoms with E-state index in [2.05, 4.69) is 18.2 Å². The molecule has 0 aliphatic heterocycles. The van der Waals surface area contributed by atoms with E-state index in [-0.39, 0.29) is 5.92 Å². The van der Waals surface area contributed by atoms with Crippen LogP contribution in [0.4, 0.5) is 0 Å². The van der Waals surface area contributed by atoms with Crippen LogP contribution in [0.2, 0.25) is 10.0 Å². The first-order valence-electron chi connectivity index (χ1n) is 7.17. The summed E-state index contributed by atoms with van der Waals surface area (Å²) >= 11 is 11.9. The summed E-state index contributed by atoms with van der Waals surface area (Å²) in [5, 5.41) is 1.04. The van der Waals surface area contributed by atoms with E-state index in [1.807, 2.05) is 12.1 Å². The highest BCUT2D eigenvalue weighted by Gasteiger charge is 2.24. The molecule has 0 N–H and O–H groups in total. The Labute approximate surface area is 134 Å². The number of Topliss-reactive ketones (excluding diaryl/α,β-unsaturated/α-hetero) is 1. The molecule has 0 heterocycles. The quantitative estimate of drug-likeness (QED) is 0.785. The molecule has 2 aromatic carbocycles. The summed E-state index contributed by atoms with van der Waals surface area (Å²) < 4.78 is 0. The molecule has 1 unspecified atom stereocenters. The fourth-order valence-electron chi connectivity index (χ4n) is 2.97. The number of rotatable bonds is 3. The number of halogens is 2. The van der Waals surface area contributed by atoms with E-state index in [1.165, 1.54) is 11.1 Å². The van der Waals surface area contributed by atoms with Gasteiger partial charge in [0.1, 0.15) is 5.78 Å². The van der Waals surface area contributed by atoms with Crippen molar-refractivity contribution in [3.8, 4) is 0 Å².